The molecule has 4 amide bonds. The molecule has 0 saturated carbocycles. The van der Waals surface area contributed by atoms with Crippen LogP contribution in [0.2, 0.25) is 0 Å². The highest BCUT2D eigenvalue weighted by Gasteiger charge is 2.34. The number of hydrogen-bond donors (Lipinski definition) is 2. The monoisotopic (exact) mass is 468 g/mol. The molecule has 10 heteroatoms. The van der Waals surface area contributed by atoms with E-state index in [1.54, 1.807) is 44.6 Å². The fourth-order valence-electron chi connectivity index (χ4n) is 3.37. The molecular weight excluding hydrogens is 443 g/mol. The van der Waals surface area contributed by atoms with E-state index in [0.29, 0.717) is 24.5 Å². The smallest absolute Gasteiger partial charge is 0.322 e. The number of imide groups is 1. The van der Waals surface area contributed by atoms with E-state index in [9.17, 15) is 18.8 Å². The topological polar surface area (TPSA) is 113 Å². The van der Waals surface area contributed by atoms with Crippen molar-refractivity contribution in [3.63, 3.8) is 0 Å². The van der Waals surface area contributed by atoms with E-state index in [0.717, 1.165) is 11.1 Å². The van der Waals surface area contributed by atoms with Crippen molar-refractivity contribution in [3.8, 4) is 18.6 Å². The minimum absolute atomic E-state index is 0.118. The Morgan fingerprint density at radius 1 is 1.35 bits per heavy atom. The second kappa shape index (κ2) is 11.5. The summed E-state index contributed by atoms with van der Waals surface area (Å²) in [6.07, 6.45) is 11.9. The number of aliphatic imine (C=N–C) groups is 1. The van der Waals surface area contributed by atoms with Gasteiger partial charge in [0.15, 0.2) is 17.6 Å². The quantitative estimate of drug-likeness (QED) is 0.398. The molecule has 1 aromatic heterocycles. The summed E-state index contributed by atoms with van der Waals surface area (Å²) in [7, 11) is 4.70. The number of urea groups is 1. The highest BCUT2D eigenvalue weighted by molar-refractivity contribution is 6.04. The van der Waals surface area contributed by atoms with Crippen molar-refractivity contribution in [2.24, 2.45) is 4.99 Å². The van der Waals surface area contributed by atoms with Crippen molar-refractivity contribution >= 4 is 30.1 Å². The van der Waals surface area contributed by atoms with Crippen molar-refractivity contribution in [2.45, 2.75) is 19.0 Å². The first kappa shape index (κ1) is 25.9. The van der Waals surface area contributed by atoms with Crippen LogP contribution >= 0.6 is 0 Å². The molecule has 178 valence electrons. The van der Waals surface area contributed by atoms with Gasteiger partial charge in [-0.15, -0.1) is 12.8 Å². The number of hydrogen-bond acceptors (Lipinski definition) is 6. The summed E-state index contributed by atoms with van der Waals surface area (Å²) in [6.45, 7) is 4.15. The molecule has 1 aromatic carbocycles. The Labute approximate surface area is 196 Å². The first-order valence-corrected chi connectivity index (χ1v) is 10.0. The number of amides is 4. The zero-order valence-corrected chi connectivity index (χ0v) is 19.1. The van der Waals surface area contributed by atoms with Crippen LogP contribution in [0.25, 0.3) is 6.08 Å². The summed E-state index contributed by atoms with van der Waals surface area (Å²) in [5, 5.41) is 4.63. The van der Waals surface area contributed by atoms with E-state index < -0.39 is 23.8 Å². The molecule has 34 heavy (non-hydrogen) atoms. The predicted octanol–water partition coefficient (Wildman–Crippen LogP) is 2.72. The molecule has 3 heterocycles. The molecule has 2 aliphatic heterocycles. The Morgan fingerprint density at radius 2 is 2.06 bits per heavy atom. The van der Waals surface area contributed by atoms with Crippen LogP contribution in [0.15, 0.2) is 34.2 Å². The summed E-state index contributed by atoms with van der Waals surface area (Å²) >= 11 is 0. The Kier molecular flexibility index (Phi) is 8.72. The highest BCUT2D eigenvalue weighted by Crippen LogP contribution is 2.29. The molecule has 1 saturated heterocycles. The van der Waals surface area contributed by atoms with Gasteiger partial charge in [-0.3, -0.25) is 14.9 Å². The largest absolute Gasteiger partial charge is 0.494 e. The Balaban J connectivity index is 0.000000230. The zero-order chi connectivity index (χ0) is 25.4. The Bertz CT molecular complexity index is 1150. The van der Waals surface area contributed by atoms with E-state index in [-0.39, 0.29) is 17.2 Å². The van der Waals surface area contributed by atoms with Gasteiger partial charge in [0, 0.05) is 38.8 Å². The van der Waals surface area contributed by atoms with Crippen LogP contribution in [-0.4, -0.2) is 50.2 Å². The van der Waals surface area contributed by atoms with E-state index in [4.69, 9.17) is 9.15 Å². The number of benzene rings is 1. The minimum Gasteiger partial charge on any atom is -0.494 e. The van der Waals surface area contributed by atoms with E-state index in [1.165, 1.54) is 12.0 Å². The molecule has 2 aliphatic rings. The number of ether oxygens (including phenoxy) is 1. The van der Waals surface area contributed by atoms with Gasteiger partial charge in [0.1, 0.15) is 11.5 Å². The number of halogens is 1. The van der Waals surface area contributed by atoms with Crippen LogP contribution < -0.4 is 15.4 Å². The van der Waals surface area contributed by atoms with Gasteiger partial charge < -0.3 is 24.4 Å². The first-order valence-electron chi connectivity index (χ1n) is 10.0. The van der Waals surface area contributed by atoms with Gasteiger partial charge in [0.05, 0.1) is 12.7 Å². The molecule has 2 aromatic rings. The number of rotatable bonds is 5. The summed E-state index contributed by atoms with van der Waals surface area (Å²) in [5.41, 5.74) is 1.65. The molecule has 1 atom stereocenters. The van der Waals surface area contributed by atoms with Gasteiger partial charge in [-0.25, -0.2) is 9.18 Å². The average Bonchev–Trinajstić information content (AvgIpc) is 3.49. The number of nitrogens with zero attached hydrogens (tertiary/aromatic N) is 2. The van der Waals surface area contributed by atoms with Gasteiger partial charge >= 0.3 is 6.03 Å². The summed E-state index contributed by atoms with van der Waals surface area (Å²) in [5.74, 6) is -0.0736. The molecule has 0 bridgehead atoms. The highest BCUT2D eigenvalue weighted by atomic mass is 19.1. The van der Waals surface area contributed by atoms with Crippen LogP contribution in [0.3, 0.4) is 0 Å². The Morgan fingerprint density at radius 3 is 2.62 bits per heavy atom. The predicted molar refractivity (Wildman–Crippen MR) is 125 cm³/mol. The third-order valence-corrected chi connectivity index (χ3v) is 4.98. The van der Waals surface area contributed by atoms with Crippen molar-refractivity contribution < 1.29 is 27.9 Å². The van der Waals surface area contributed by atoms with E-state index >= 15 is 0 Å². The fourth-order valence-corrected chi connectivity index (χ4v) is 3.37. The van der Waals surface area contributed by atoms with Crippen LogP contribution in [0.1, 0.15) is 39.0 Å². The number of carbonyl (C=O) groups is 3. The fraction of sp³-hybridized carbons (Fsp3) is 0.250. The number of methoxy groups -OCH3 is 1. The second-order valence-electron chi connectivity index (χ2n) is 7.05. The molecule has 0 aliphatic carbocycles. The van der Waals surface area contributed by atoms with Crippen LogP contribution in [-0.2, 0) is 17.8 Å². The lowest BCUT2D eigenvalue weighted by atomic mass is 10.1. The first-order chi connectivity index (χ1) is 16.3. The lowest BCUT2D eigenvalue weighted by Gasteiger charge is -2.05. The standard InChI is InChI=1S/C12H13N3O3.C10H10FNO2.C2H2/c1-3-7-6-9(18-8(7)4-5-13-2)10-11(16)15-12(17)14-10;1-12-5-6-3-4-7(14-2)9(11)8(6)10(12)13;1-2/h3,5-6,10H,1,4H2,2H3,(H2,14,15,16,17);3-4H,5H2,1-2H3;1-2H. The SMILES string of the molecule is C#C.C=Cc1cc(C2NC(=O)NC2=O)oc1CC=NC.COc1ccc2c(c1F)C(=O)N(C)C2. The van der Waals surface area contributed by atoms with Gasteiger partial charge in [0.25, 0.3) is 11.8 Å². The molecule has 1 unspecified atom stereocenters. The number of terminal acetylenes is 1. The maximum absolute atomic E-state index is 13.6. The summed E-state index contributed by atoms with van der Waals surface area (Å²) < 4.78 is 24.0. The normalized spacial score (nSPS) is 16.1. The lowest BCUT2D eigenvalue weighted by molar-refractivity contribution is -0.120. The number of fused-ring (bicyclic) bond motifs is 1. The van der Waals surface area contributed by atoms with Gasteiger partial charge in [-0.2, -0.15) is 0 Å². The summed E-state index contributed by atoms with van der Waals surface area (Å²) in [4.78, 5) is 39.4. The molecule has 0 radical (unpaired) electrons. The number of nitrogens with one attached hydrogen (secondary N) is 2. The molecule has 2 N–H and O–H groups in total. The number of carbonyl (C=O) groups excluding carboxylic acids is 3. The second-order valence-corrected chi connectivity index (χ2v) is 7.05. The van der Waals surface area contributed by atoms with Crippen molar-refractivity contribution in [1.29, 1.82) is 0 Å². The molecular formula is C24H25FN4O5. The third-order valence-electron chi connectivity index (χ3n) is 4.98. The Hall–Kier alpha value is -4.39. The summed E-state index contributed by atoms with van der Waals surface area (Å²) in [6, 6.07) is 3.67. The van der Waals surface area contributed by atoms with E-state index in [2.05, 4.69) is 35.1 Å². The average molecular weight is 468 g/mol. The van der Waals surface area contributed by atoms with Gasteiger partial charge in [-0.05, 0) is 17.7 Å². The molecule has 1 fully saturated rings. The van der Waals surface area contributed by atoms with Crippen molar-refractivity contribution in [3.05, 3.63) is 58.8 Å². The maximum Gasteiger partial charge on any atom is 0.322 e. The lowest BCUT2D eigenvalue weighted by Crippen LogP contribution is -2.22. The van der Waals surface area contributed by atoms with Crippen LogP contribution in [0.5, 0.6) is 5.75 Å². The van der Waals surface area contributed by atoms with Gasteiger partial charge in [0.2, 0.25) is 0 Å². The van der Waals surface area contributed by atoms with Crippen molar-refractivity contribution in [2.75, 3.05) is 21.2 Å². The molecule has 4 rings (SSSR count). The minimum atomic E-state index is -0.775. The van der Waals surface area contributed by atoms with Gasteiger partial charge in [-0.1, -0.05) is 18.7 Å². The number of furan rings is 1. The zero-order valence-electron chi connectivity index (χ0n) is 19.1. The third kappa shape index (κ3) is 5.32. The van der Waals surface area contributed by atoms with Crippen LogP contribution in [0.4, 0.5) is 9.18 Å². The van der Waals surface area contributed by atoms with Crippen molar-refractivity contribution in [1.82, 2.24) is 15.5 Å². The maximum atomic E-state index is 13.6. The van der Waals surface area contributed by atoms with E-state index in [1.807, 2.05) is 0 Å². The molecule has 0 spiro atoms. The van der Waals surface area contributed by atoms with Crippen LogP contribution in [0, 0.1) is 18.7 Å². The molecule has 9 nitrogen and oxygen atoms in total.